The summed E-state index contributed by atoms with van der Waals surface area (Å²) in [5, 5.41) is 22.2. The van der Waals surface area contributed by atoms with Crippen molar-refractivity contribution in [1.82, 2.24) is 19.6 Å². The molecular weight excluding hydrogens is 403 g/mol. The third-order valence-corrected chi connectivity index (χ3v) is 4.88. The molecule has 152 valence electrons. The van der Waals surface area contributed by atoms with Gasteiger partial charge in [-0.05, 0) is 38.5 Å². The van der Waals surface area contributed by atoms with Crippen molar-refractivity contribution >= 4 is 29.0 Å². The first-order valence-electron chi connectivity index (χ1n) is 8.65. The maximum absolute atomic E-state index is 13.2. The number of rotatable bonds is 6. The number of nitrogens with zero attached hydrogens (tertiary/aromatic N) is 5. The summed E-state index contributed by atoms with van der Waals surface area (Å²) in [4.78, 5) is 23.0. The summed E-state index contributed by atoms with van der Waals surface area (Å²) in [7, 11) is 0. The first-order valence-corrected chi connectivity index (χ1v) is 9.03. The molecule has 11 heteroatoms. The number of aryl methyl sites for hydroxylation is 1. The van der Waals surface area contributed by atoms with E-state index in [1.165, 1.54) is 23.7 Å². The zero-order valence-electron chi connectivity index (χ0n) is 15.9. The van der Waals surface area contributed by atoms with Crippen LogP contribution in [0.3, 0.4) is 0 Å². The molecule has 0 aliphatic heterocycles. The molecule has 0 bridgehead atoms. The number of anilines is 1. The Labute approximate surface area is 170 Å². The Morgan fingerprint density at radius 3 is 2.72 bits per heavy atom. The molecule has 0 aliphatic carbocycles. The van der Waals surface area contributed by atoms with Crippen LogP contribution >= 0.6 is 11.6 Å². The number of carbonyl (C=O) groups excluding carboxylic acids is 1. The summed E-state index contributed by atoms with van der Waals surface area (Å²) in [5.74, 6) is -0.528. The van der Waals surface area contributed by atoms with Crippen LogP contribution in [0.1, 0.15) is 29.9 Å². The van der Waals surface area contributed by atoms with Crippen LogP contribution in [0.5, 0.6) is 0 Å². The third-order valence-electron chi connectivity index (χ3n) is 4.53. The quantitative estimate of drug-likeness (QED) is 0.483. The molecule has 3 rings (SSSR count). The summed E-state index contributed by atoms with van der Waals surface area (Å²) in [6, 6.07) is 5.02. The van der Waals surface area contributed by atoms with Crippen molar-refractivity contribution in [2.24, 2.45) is 0 Å². The van der Waals surface area contributed by atoms with Gasteiger partial charge in [0.25, 0.3) is 0 Å². The van der Waals surface area contributed by atoms with E-state index in [2.05, 4.69) is 15.5 Å². The van der Waals surface area contributed by atoms with Gasteiger partial charge in [-0.25, -0.2) is 4.39 Å². The lowest BCUT2D eigenvalue weighted by atomic mass is 10.2. The van der Waals surface area contributed by atoms with Gasteiger partial charge in [-0.15, -0.1) is 0 Å². The van der Waals surface area contributed by atoms with Crippen molar-refractivity contribution in [3.63, 3.8) is 0 Å². The number of hydrogen-bond donors (Lipinski definition) is 1. The van der Waals surface area contributed by atoms with E-state index in [4.69, 9.17) is 11.6 Å². The monoisotopic (exact) mass is 420 g/mol. The lowest BCUT2D eigenvalue weighted by molar-refractivity contribution is -0.385. The van der Waals surface area contributed by atoms with Crippen LogP contribution in [-0.2, 0) is 11.3 Å². The minimum atomic E-state index is -0.777. The first kappa shape index (κ1) is 20.5. The average molecular weight is 421 g/mol. The third kappa shape index (κ3) is 4.27. The number of benzene rings is 1. The molecule has 0 spiro atoms. The van der Waals surface area contributed by atoms with Crippen molar-refractivity contribution in [3.05, 3.63) is 68.4 Å². The Kier molecular flexibility index (Phi) is 5.64. The van der Waals surface area contributed by atoms with Crippen LogP contribution in [0.4, 0.5) is 15.9 Å². The fraction of sp³-hybridized carbons (Fsp3) is 0.278. The van der Waals surface area contributed by atoms with Gasteiger partial charge in [0.15, 0.2) is 5.82 Å². The number of hydrogen-bond acceptors (Lipinski definition) is 5. The van der Waals surface area contributed by atoms with Crippen LogP contribution in [-0.4, -0.2) is 30.4 Å². The molecule has 0 radical (unpaired) electrons. The molecule has 1 atom stereocenters. The summed E-state index contributed by atoms with van der Waals surface area (Å²) < 4.78 is 16.1. The van der Waals surface area contributed by atoms with E-state index in [9.17, 15) is 19.3 Å². The Morgan fingerprint density at radius 1 is 1.38 bits per heavy atom. The van der Waals surface area contributed by atoms with Gasteiger partial charge in [-0.2, -0.15) is 10.2 Å². The van der Waals surface area contributed by atoms with E-state index < -0.39 is 22.7 Å². The zero-order valence-corrected chi connectivity index (χ0v) is 16.6. The number of amides is 1. The molecule has 0 saturated heterocycles. The number of carbonyl (C=O) groups is 1. The van der Waals surface area contributed by atoms with Crippen LogP contribution in [0.25, 0.3) is 0 Å². The van der Waals surface area contributed by atoms with E-state index in [1.54, 1.807) is 23.7 Å². The van der Waals surface area contributed by atoms with Gasteiger partial charge in [0.1, 0.15) is 23.7 Å². The highest BCUT2D eigenvalue weighted by atomic mass is 35.5. The largest absolute Gasteiger partial charge is 0.309 e. The lowest BCUT2D eigenvalue weighted by Gasteiger charge is -2.12. The van der Waals surface area contributed by atoms with E-state index in [-0.39, 0.29) is 16.4 Å². The fourth-order valence-corrected chi connectivity index (χ4v) is 3.10. The second kappa shape index (κ2) is 8.00. The summed E-state index contributed by atoms with van der Waals surface area (Å²) in [6.45, 7) is 5.23. The van der Waals surface area contributed by atoms with Crippen LogP contribution in [0.2, 0.25) is 5.02 Å². The van der Waals surface area contributed by atoms with E-state index in [1.807, 2.05) is 6.92 Å². The minimum absolute atomic E-state index is 0.152. The van der Waals surface area contributed by atoms with Crippen LogP contribution in [0.15, 0.2) is 30.5 Å². The van der Waals surface area contributed by atoms with E-state index >= 15 is 0 Å². The zero-order chi connectivity index (χ0) is 21.3. The van der Waals surface area contributed by atoms with Gasteiger partial charge in [0, 0.05) is 16.8 Å². The van der Waals surface area contributed by atoms with Crippen LogP contribution < -0.4 is 5.32 Å². The van der Waals surface area contributed by atoms with Gasteiger partial charge in [0.05, 0.1) is 11.5 Å². The first-order chi connectivity index (χ1) is 13.7. The predicted octanol–water partition coefficient (Wildman–Crippen LogP) is 3.65. The highest BCUT2D eigenvalue weighted by molar-refractivity contribution is 6.31. The Bertz CT molecular complexity index is 1090. The normalized spacial score (nSPS) is 12.0. The molecule has 3 aromatic rings. The predicted molar refractivity (Wildman–Crippen MR) is 104 cm³/mol. The maximum Gasteiger partial charge on any atom is 0.309 e. The summed E-state index contributed by atoms with van der Waals surface area (Å²) in [5.41, 5.74) is 1.58. The second-order valence-corrected chi connectivity index (χ2v) is 6.95. The van der Waals surface area contributed by atoms with Crippen molar-refractivity contribution in [2.45, 2.75) is 33.4 Å². The number of halogens is 2. The molecule has 0 saturated carbocycles. The molecule has 2 aromatic heterocycles. The molecule has 9 nitrogen and oxygen atoms in total. The minimum Gasteiger partial charge on any atom is -0.307 e. The molecule has 1 aromatic carbocycles. The molecule has 0 fully saturated rings. The van der Waals surface area contributed by atoms with E-state index in [0.29, 0.717) is 17.9 Å². The molecule has 29 heavy (non-hydrogen) atoms. The van der Waals surface area contributed by atoms with Crippen LogP contribution in [0, 0.1) is 29.8 Å². The van der Waals surface area contributed by atoms with Gasteiger partial charge in [-0.3, -0.25) is 24.3 Å². The van der Waals surface area contributed by atoms with Crippen molar-refractivity contribution in [3.8, 4) is 0 Å². The smallest absolute Gasteiger partial charge is 0.307 e. The fourth-order valence-electron chi connectivity index (χ4n) is 2.87. The highest BCUT2D eigenvalue weighted by Crippen LogP contribution is 2.22. The summed E-state index contributed by atoms with van der Waals surface area (Å²) in [6.07, 6.45) is 1.12. The maximum atomic E-state index is 13.2. The van der Waals surface area contributed by atoms with Gasteiger partial charge >= 0.3 is 5.69 Å². The van der Waals surface area contributed by atoms with Crippen molar-refractivity contribution in [1.29, 1.82) is 0 Å². The Balaban J connectivity index is 1.74. The van der Waals surface area contributed by atoms with Crippen molar-refractivity contribution in [2.75, 3.05) is 5.32 Å². The second-order valence-electron chi connectivity index (χ2n) is 6.55. The summed E-state index contributed by atoms with van der Waals surface area (Å²) >= 11 is 6.06. The standard InChI is InChI=1S/C18H18ClFN6O3/c1-10-6-17(23-24(10)9-13-4-5-14(20)7-15(13)19)22-18(27)12(3)25-11(2)16(8-21-25)26(28)29/h4-8,12H,9H2,1-3H3,(H,22,23,27). The molecule has 1 amide bonds. The molecule has 1 unspecified atom stereocenters. The SMILES string of the molecule is Cc1cc(NC(=O)C(C)n2ncc([N+](=O)[O-])c2C)nn1Cc1ccc(F)cc1Cl. The van der Waals surface area contributed by atoms with E-state index in [0.717, 1.165) is 11.9 Å². The lowest BCUT2D eigenvalue weighted by Crippen LogP contribution is -2.25. The van der Waals surface area contributed by atoms with Gasteiger partial charge in [-0.1, -0.05) is 17.7 Å². The van der Waals surface area contributed by atoms with Gasteiger partial charge < -0.3 is 5.32 Å². The number of aromatic nitrogens is 4. The Hall–Kier alpha value is -3.27. The number of nitro groups is 1. The van der Waals surface area contributed by atoms with Crippen molar-refractivity contribution < 1.29 is 14.1 Å². The molecule has 1 N–H and O–H groups in total. The molecule has 2 heterocycles. The molecule has 0 aliphatic rings. The van der Waals surface area contributed by atoms with Gasteiger partial charge in [0.2, 0.25) is 5.91 Å². The number of nitrogens with one attached hydrogen (secondary N) is 1. The highest BCUT2D eigenvalue weighted by Gasteiger charge is 2.24. The molecular formula is C18H18ClFN6O3. The average Bonchev–Trinajstić information content (AvgIpc) is 3.19. The topological polar surface area (TPSA) is 108 Å². The Morgan fingerprint density at radius 2 is 2.10 bits per heavy atom.